The second kappa shape index (κ2) is 8.29. The summed E-state index contributed by atoms with van der Waals surface area (Å²) in [5, 5.41) is 2.74. The van der Waals surface area contributed by atoms with Crippen molar-refractivity contribution >= 4 is 11.7 Å². The van der Waals surface area contributed by atoms with Gasteiger partial charge in [0.2, 0.25) is 0 Å². The average molecular weight is 387 g/mol. The minimum absolute atomic E-state index is 0.164. The minimum atomic E-state index is -0.418. The van der Waals surface area contributed by atoms with E-state index in [2.05, 4.69) is 5.32 Å². The molecular weight excluding hydrogens is 365 g/mol. The molecule has 0 saturated carbocycles. The summed E-state index contributed by atoms with van der Waals surface area (Å²) in [7, 11) is 3.09. The van der Waals surface area contributed by atoms with E-state index >= 15 is 0 Å². The first-order chi connectivity index (χ1) is 13.4. The number of hydrogen-bond acceptors (Lipinski definition) is 5. The molecule has 7 heteroatoms. The molecule has 0 bridgehead atoms. The van der Waals surface area contributed by atoms with Gasteiger partial charge in [-0.2, -0.15) is 0 Å². The molecule has 1 atom stereocenters. The number of ketones is 1. The third-order valence-electron chi connectivity index (χ3n) is 4.71. The third-order valence-corrected chi connectivity index (χ3v) is 4.71. The van der Waals surface area contributed by atoms with Gasteiger partial charge in [-0.25, -0.2) is 4.39 Å². The van der Waals surface area contributed by atoms with Crippen molar-refractivity contribution in [3.63, 3.8) is 0 Å². The number of Topliss-reactive ketones (excluding diaryl/α,β-unsaturated/α-hetero) is 1. The van der Waals surface area contributed by atoms with E-state index in [0.717, 1.165) is 5.56 Å². The van der Waals surface area contributed by atoms with Crippen LogP contribution in [0.2, 0.25) is 0 Å². The summed E-state index contributed by atoms with van der Waals surface area (Å²) in [6, 6.07) is 8.00. The van der Waals surface area contributed by atoms with Crippen LogP contribution in [0, 0.1) is 5.82 Å². The lowest BCUT2D eigenvalue weighted by molar-refractivity contribution is -0.123. The van der Waals surface area contributed by atoms with Crippen LogP contribution < -0.4 is 19.5 Å². The van der Waals surface area contributed by atoms with Gasteiger partial charge in [0.25, 0.3) is 5.91 Å². The van der Waals surface area contributed by atoms with Crippen molar-refractivity contribution in [1.82, 2.24) is 5.32 Å². The van der Waals surface area contributed by atoms with Gasteiger partial charge in [0, 0.05) is 18.5 Å². The fourth-order valence-electron chi connectivity index (χ4n) is 3.33. The molecule has 28 heavy (non-hydrogen) atoms. The Kier molecular flexibility index (Phi) is 5.82. The molecule has 0 unspecified atom stereocenters. The Morgan fingerprint density at radius 3 is 2.57 bits per heavy atom. The van der Waals surface area contributed by atoms with Crippen molar-refractivity contribution in [3.05, 3.63) is 52.8 Å². The van der Waals surface area contributed by atoms with E-state index in [-0.39, 0.29) is 48.5 Å². The highest BCUT2D eigenvalue weighted by atomic mass is 19.1. The number of ether oxygens (including phenoxy) is 3. The third kappa shape index (κ3) is 3.93. The van der Waals surface area contributed by atoms with Crippen LogP contribution in [0.3, 0.4) is 0 Å². The van der Waals surface area contributed by atoms with Gasteiger partial charge < -0.3 is 19.5 Å². The van der Waals surface area contributed by atoms with Crippen molar-refractivity contribution in [3.8, 4) is 17.2 Å². The van der Waals surface area contributed by atoms with Gasteiger partial charge in [-0.3, -0.25) is 9.59 Å². The van der Waals surface area contributed by atoms with E-state index in [0.29, 0.717) is 17.1 Å². The number of fused-ring (bicyclic) bond motifs is 1. The molecule has 1 amide bonds. The van der Waals surface area contributed by atoms with Crippen LogP contribution in [0.25, 0.3) is 0 Å². The second-order valence-electron chi connectivity index (χ2n) is 6.62. The molecule has 1 aliphatic rings. The number of rotatable bonds is 7. The highest BCUT2D eigenvalue weighted by molar-refractivity contribution is 6.03. The van der Waals surface area contributed by atoms with Gasteiger partial charge >= 0.3 is 0 Å². The first kappa shape index (κ1) is 19.7. The largest absolute Gasteiger partial charge is 0.493 e. The molecule has 148 valence electrons. The summed E-state index contributed by atoms with van der Waals surface area (Å²) in [6.07, 6.45) is 0.248. The Balaban J connectivity index is 1.61. The predicted molar refractivity (Wildman–Crippen MR) is 101 cm³/mol. The maximum absolute atomic E-state index is 14.0. The van der Waals surface area contributed by atoms with Crippen LogP contribution in [-0.2, 0) is 11.3 Å². The highest BCUT2D eigenvalue weighted by Gasteiger charge is 2.32. The molecule has 1 aliphatic carbocycles. The van der Waals surface area contributed by atoms with Gasteiger partial charge in [-0.1, -0.05) is 13.0 Å². The van der Waals surface area contributed by atoms with Gasteiger partial charge in [0.15, 0.2) is 23.9 Å². The molecular formula is C21H22FNO5. The van der Waals surface area contributed by atoms with Crippen LogP contribution in [0.15, 0.2) is 30.3 Å². The summed E-state index contributed by atoms with van der Waals surface area (Å²) >= 11 is 0. The maximum atomic E-state index is 14.0. The monoisotopic (exact) mass is 387 g/mol. The van der Waals surface area contributed by atoms with Crippen molar-refractivity contribution in [2.24, 2.45) is 0 Å². The Labute approximate surface area is 162 Å². The van der Waals surface area contributed by atoms with E-state index in [4.69, 9.17) is 14.2 Å². The molecule has 2 aromatic carbocycles. The average Bonchev–Trinajstić information content (AvgIpc) is 3.00. The zero-order valence-corrected chi connectivity index (χ0v) is 16.0. The SMILES string of the molecule is COc1ccc(CNC(=O)COc2ccc(F)c3c2C(=O)C[C@H]3C)cc1OC. The molecule has 0 spiro atoms. The van der Waals surface area contributed by atoms with Crippen molar-refractivity contribution in [1.29, 1.82) is 0 Å². The molecule has 0 aliphatic heterocycles. The van der Waals surface area contributed by atoms with Crippen LogP contribution in [-0.4, -0.2) is 32.5 Å². The predicted octanol–water partition coefficient (Wildman–Crippen LogP) is 3.23. The summed E-state index contributed by atoms with van der Waals surface area (Å²) in [5.74, 6) is 0.287. The lowest BCUT2D eigenvalue weighted by Gasteiger charge is -2.13. The molecule has 2 aromatic rings. The van der Waals surface area contributed by atoms with Crippen molar-refractivity contribution in [2.75, 3.05) is 20.8 Å². The number of methoxy groups -OCH3 is 2. The smallest absolute Gasteiger partial charge is 0.258 e. The van der Waals surface area contributed by atoms with Gasteiger partial charge in [-0.15, -0.1) is 0 Å². The summed E-state index contributed by atoms with van der Waals surface area (Å²) < 4.78 is 29.9. The number of carbonyl (C=O) groups is 2. The minimum Gasteiger partial charge on any atom is -0.493 e. The van der Waals surface area contributed by atoms with Crippen LogP contribution >= 0.6 is 0 Å². The second-order valence-corrected chi connectivity index (χ2v) is 6.62. The first-order valence-electron chi connectivity index (χ1n) is 8.90. The number of nitrogens with one attached hydrogen (secondary N) is 1. The van der Waals surface area contributed by atoms with Gasteiger partial charge in [0.1, 0.15) is 11.6 Å². The Hall–Kier alpha value is -3.09. The Bertz CT molecular complexity index is 912. The van der Waals surface area contributed by atoms with Crippen molar-refractivity contribution < 1.29 is 28.2 Å². The number of hydrogen-bond donors (Lipinski definition) is 1. The molecule has 1 N–H and O–H groups in total. The van der Waals surface area contributed by atoms with Crippen LogP contribution in [0.5, 0.6) is 17.2 Å². The number of amides is 1. The molecule has 0 aromatic heterocycles. The lowest BCUT2D eigenvalue weighted by Crippen LogP contribution is -2.28. The summed E-state index contributed by atoms with van der Waals surface area (Å²) in [5.41, 5.74) is 1.45. The fourth-order valence-corrected chi connectivity index (χ4v) is 3.33. The van der Waals surface area contributed by atoms with E-state index in [1.807, 2.05) is 6.07 Å². The van der Waals surface area contributed by atoms with Crippen LogP contribution in [0.4, 0.5) is 4.39 Å². The highest BCUT2D eigenvalue weighted by Crippen LogP contribution is 2.39. The normalized spacial score (nSPS) is 15.1. The Morgan fingerprint density at radius 2 is 1.86 bits per heavy atom. The topological polar surface area (TPSA) is 73.9 Å². The zero-order valence-electron chi connectivity index (χ0n) is 16.0. The molecule has 0 fully saturated rings. The van der Waals surface area contributed by atoms with Crippen LogP contribution in [0.1, 0.15) is 40.7 Å². The fraction of sp³-hybridized carbons (Fsp3) is 0.333. The van der Waals surface area contributed by atoms with Crippen molar-refractivity contribution in [2.45, 2.75) is 25.8 Å². The molecule has 0 heterocycles. The maximum Gasteiger partial charge on any atom is 0.258 e. The molecule has 3 rings (SSSR count). The molecule has 0 saturated heterocycles. The zero-order chi connectivity index (χ0) is 20.3. The van der Waals surface area contributed by atoms with Gasteiger partial charge in [-0.05, 0) is 35.7 Å². The quantitative estimate of drug-likeness (QED) is 0.790. The van der Waals surface area contributed by atoms with E-state index in [1.54, 1.807) is 26.2 Å². The number of carbonyl (C=O) groups excluding carboxylic acids is 2. The summed E-state index contributed by atoms with van der Waals surface area (Å²) in [4.78, 5) is 24.3. The number of halogens is 1. The van der Waals surface area contributed by atoms with E-state index < -0.39 is 5.82 Å². The molecule has 6 nitrogen and oxygen atoms in total. The first-order valence-corrected chi connectivity index (χ1v) is 8.90. The Morgan fingerprint density at radius 1 is 1.14 bits per heavy atom. The summed E-state index contributed by atoms with van der Waals surface area (Å²) in [6.45, 7) is 1.81. The van der Waals surface area contributed by atoms with E-state index in [1.165, 1.54) is 19.2 Å². The number of benzene rings is 2. The lowest BCUT2D eigenvalue weighted by atomic mass is 10.0. The standard InChI is InChI=1S/C21H22FNO5/c1-12-8-15(24)21-17(7-5-14(22)20(12)21)28-11-19(25)23-10-13-4-6-16(26-2)18(9-13)27-3/h4-7,9,12H,8,10-11H2,1-3H3,(H,23,25)/t12-/m1/s1. The van der Waals surface area contributed by atoms with E-state index in [9.17, 15) is 14.0 Å². The van der Waals surface area contributed by atoms with Gasteiger partial charge in [0.05, 0.1) is 19.8 Å². The molecule has 0 radical (unpaired) electrons.